The standard InChI is InChI=1S/2C5H9S.C3H6.C2H7Si.2ClH.Zr/c2*1-3-4-5(2)6;2*1-3-2;;;/h2*4H,3H2,1-2H3;3H,1H2,2H3;3H,1-2H3;2*1H;/q2*-1;;;;;+4/p-2. The monoisotopic (exact) mass is 463 g/mol. The largest absolute Gasteiger partial charge is 4.00 e. The molecule has 0 aliphatic rings. The van der Waals surface area contributed by atoms with Crippen LogP contribution in [-0.2, 0) is 26.2 Å². The van der Waals surface area contributed by atoms with E-state index in [1.54, 1.807) is 6.08 Å². The normalized spacial score (nSPS) is 5.86. The number of rotatable bonds is 4. The van der Waals surface area contributed by atoms with Crippen molar-refractivity contribution in [2.45, 2.75) is 60.6 Å². The predicted molar refractivity (Wildman–Crippen MR) is 100 cm³/mol. The Labute approximate surface area is 179 Å². The first-order valence-corrected chi connectivity index (χ1v) is 9.48. The fraction of sp³-hybridized carbons (Fsp3) is 0.600. The Bertz CT molecular complexity index is 177. The number of allylic oxidation sites excluding steroid dienone is 1. The Hall–Kier alpha value is 1.34. The maximum absolute atomic E-state index is 4.74. The Balaban J connectivity index is -0.0000000249. The molecule has 0 atom stereocenters. The summed E-state index contributed by atoms with van der Waals surface area (Å²) >= 11 is 9.48. The van der Waals surface area contributed by atoms with Gasteiger partial charge < -0.3 is 37.7 Å². The van der Waals surface area contributed by atoms with Crippen molar-refractivity contribution in [2.75, 3.05) is 0 Å². The molecule has 0 heterocycles. The van der Waals surface area contributed by atoms with Crippen LogP contribution in [0.5, 0.6) is 0 Å². The van der Waals surface area contributed by atoms with Gasteiger partial charge in [0.05, 0.1) is 0 Å². The summed E-state index contributed by atoms with van der Waals surface area (Å²) in [5.41, 5.74) is 0. The van der Waals surface area contributed by atoms with Crippen molar-refractivity contribution in [3.05, 3.63) is 25.5 Å². The number of halogens is 2. The van der Waals surface area contributed by atoms with Crippen molar-refractivity contribution in [2.24, 2.45) is 0 Å². The third-order valence-electron chi connectivity index (χ3n) is 0.983. The molecule has 0 spiro atoms. The zero-order valence-electron chi connectivity index (χ0n) is 14.5. The topological polar surface area (TPSA) is 0 Å². The molecular weight excluding hydrogens is 435 g/mol. The van der Waals surface area contributed by atoms with Crippen LogP contribution in [0.25, 0.3) is 0 Å². The van der Waals surface area contributed by atoms with Crippen LogP contribution in [-0.4, -0.2) is 19.2 Å². The van der Waals surface area contributed by atoms with E-state index < -0.39 is 0 Å². The van der Waals surface area contributed by atoms with Crippen molar-refractivity contribution in [3.8, 4) is 0 Å². The van der Waals surface area contributed by atoms with Crippen LogP contribution >= 0.6 is 24.4 Å². The van der Waals surface area contributed by atoms with Gasteiger partial charge in [0.2, 0.25) is 0 Å². The van der Waals surface area contributed by atoms with Crippen molar-refractivity contribution >= 4 is 43.7 Å². The second-order valence-electron chi connectivity index (χ2n) is 3.43. The van der Waals surface area contributed by atoms with Gasteiger partial charge in [0.25, 0.3) is 0 Å². The van der Waals surface area contributed by atoms with Crippen LogP contribution in [0.2, 0.25) is 13.1 Å². The Morgan fingerprint density at radius 1 is 1.00 bits per heavy atom. The fourth-order valence-electron chi connectivity index (χ4n) is 0.575. The summed E-state index contributed by atoms with van der Waals surface area (Å²) in [6.45, 7) is 17.7. The zero-order chi connectivity index (χ0) is 15.4. The molecular formula is C15H31Cl2S2SiZr. The van der Waals surface area contributed by atoms with Crippen LogP contribution in [0.3, 0.4) is 0 Å². The van der Waals surface area contributed by atoms with Crippen LogP contribution < -0.4 is 24.8 Å². The Morgan fingerprint density at radius 3 is 1.14 bits per heavy atom. The summed E-state index contributed by atoms with van der Waals surface area (Å²) < 4.78 is 0. The average Bonchev–Trinajstić information content (AvgIpc) is 2.20. The molecule has 1 radical (unpaired) electrons. The molecule has 0 aromatic heterocycles. The molecule has 0 fully saturated rings. The maximum atomic E-state index is 4.74. The molecule has 6 heteroatoms. The molecule has 0 nitrogen and oxygen atoms in total. The summed E-state index contributed by atoms with van der Waals surface area (Å²) in [5.74, 6) is 0. The predicted octanol–water partition coefficient (Wildman–Crippen LogP) is -0.302. The molecule has 0 saturated carbocycles. The van der Waals surface area contributed by atoms with Gasteiger partial charge in [-0.15, -0.1) is 40.7 Å². The summed E-state index contributed by atoms with van der Waals surface area (Å²) in [6.07, 6.45) is 7.93. The minimum Gasteiger partial charge on any atom is -1.00 e. The summed E-state index contributed by atoms with van der Waals surface area (Å²) in [5, 5.41) is 0. The van der Waals surface area contributed by atoms with Crippen molar-refractivity contribution in [1.82, 2.24) is 0 Å². The van der Waals surface area contributed by atoms with Gasteiger partial charge in [-0.3, -0.25) is 0 Å². The molecule has 0 aromatic rings. The third-order valence-corrected chi connectivity index (χ3v) is 1.32. The summed E-state index contributed by atoms with van der Waals surface area (Å²) in [4.78, 5) is 2.00. The van der Waals surface area contributed by atoms with E-state index in [2.05, 4.69) is 33.5 Å². The Morgan fingerprint density at radius 2 is 1.14 bits per heavy atom. The first-order valence-electron chi connectivity index (χ1n) is 6.36. The first kappa shape index (κ1) is 43.2. The molecule has 0 saturated heterocycles. The zero-order valence-corrected chi connectivity index (χ0v) is 21.3. The quantitative estimate of drug-likeness (QED) is 0.242. The molecule has 0 bridgehead atoms. The van der Waals surface area contributed by atoms with E-state index in [0.717, 1.165) is 32.1 Å². The fourth-order valence-corrected chi connectivity index (χ4v) is 0.908. The van der Waals surface area contributed by atoms with Crippen LogP contribution in [0.1, 0.15) is 47.5 Å². The van der Waals surface area contributed by atoms with Crippen molar-refractivity contribution in [3.63, 3.8) is 0 Å². The van der Waals surface area contributed by atoms with Crippen LogP contribution in [0.4, 0.5) is 0 Å². The minimum atomic E-state index is 0. The van der Waals surface area contributed by atoms with Crippen molar-refractivity contribution in [1.29, 1.82) is 0 Å². The second kappa shape index (κ2) is 49.6. The van der Waals surface area contributed by atoms with E-state index in [9.17, 15) is 0 Å². The molecule has 0 aliphatic heterocycles. The van der Waals surface area contributed by atoms with E-state index in [4.69, 9.17) is 24.4 Å². The molecule has 0 unspecified atom stereocenters. The molecule has 0 N–H and O–H groups in total. The molecule has 0 aliphatic carbocycles. The van der Waals surface area contributed by atoms with E-state index in [-0.39, 0.29) is 51.0 Å². The average molecular weight is 466 g/mol. The van der Waals surface area contributed by atoms with Gasteiger partial charge in [0.15, 0.2) is 0 Å². The first-order chi connectivity index (χ1) is 8.37. The summed E-state index contributed by atoms with van der Waals surface area (Å²) in [6, 6.07) is 0. The SMILES string of the molecule is C=CC.CC[CH-]C(C)=S.CC[CH-]C(C)=S.C[SiH]C.[Cl-].[Cl-].[Zr+4]. The van der Waals surface area contributed by atoms with Crippen molar-refractivity contribution < 1.29 is 51.0 Å². The van der Waals surface area contributed by atoms with E-state index in [0.29, 0.717) is 0 Å². The van der Waals surface area contributed by atoms with Gasteiger partial charge >= 0.3 is 26.2 Å². The number of hydrogen-bond acceptors (Lipinski definition) is 2. The second-order valence-corrected chi connectivity index (χ2v) is 5.87. The minimum absolute atomic E-state index is 0. The molecule has 125 valence electrons. The smallest absolute Gasteiger partial charge is 1.00 e. The van der Waals surface area contributed by atoms with Gasteiger partial charge in [0.1, 0.15) is 0 Å². The molecule has 21 heavy (non-hydrogen) atoms. The molecule has 0 amide bonds. The van der Waals surface area contributed by atoms with E-state index in [1.807, 2.05) is 33.6 Å². The van der Waals surface area contributed by atoms with Gasteiger partial charge in [-0.1, -0.05) is 46.9 Å². The van der Waals surface area contributed by atoms with Gasteiger partial charge in [-0.05, 0) is 6.92 Å². The van der Waals surface area contributed by atoms with Gasteiger partial charge in [-0.2, -0.15) is 12.8 Å². The maximum Gasteiger partial charge on any atom is 4.00 e. The van der Waals surface area contributed by atoms with Gasteiger partial charge in [-0.25, -0.2) is 0 Å². The molecule has 0 aromatic carbocycles. The third kappa shape index (κ3) is 148. The number of hydrogen-bond donors (Lipinski definition) is 0. The van der Waals surface area contributed by atoms with E-state index in [1.165, 1.54) is 0 Å². The Kier molecular flexibility index (Phi) is 102. The van der Waals surface area contributed by atoms with E-state index >= 15 is 0 Å². The van der Waals surface area contributed by atoms with Crippen LogP contribution in [0.15, 0.2) is 12.7 Å². The number of thiocarbonyl (C=S) groups is 2. The van der Waals surface area contributed by atoms with Gasteiger partial charge in [0, 0.05) is 9.52 Å². The summed E-state index contributed by atoms with van der Waals surface area (Å²) in [7, 11) is 0.750. The molecule has 0 rings (SSSR count). The van der Waals surface area contributed by atoms with Crippen LogP contribution in [0, 0.1) is 12.8 Å².